The fourth-order valence-corrected chi connectivity index (χ4v) is 4.85. The molecule has 4 heteroatoms. The van der Waals surface area contributed by atoms with Crippen molar-refractivity contribution in [2.24, 2.45) is 5.92 Å². The summed E-state index contributed by atoms with van der Waals surface area (Å²) < 4.78 is 0. The summed E-state index contributed by atoms with van der Waals surface area (Å²) in [5, 5.41) is 0. The van der Waals surface area contributed by atoms with Gasteiger partial charge in [-0.2, -0.15) is 0 Å². The number of rotatable bonds is 6. The third-order valence-electron chi connectivity index (χ3n) is 6.64. The standard InChI is InChI=1S/C26H32N2O2/c1-20(29)28-15-5-8-23-18-24(10-11-25(23)28)26(30)12-9-21-13-16-27(17-14-21)19-22-6-3-2-4-7-22/h2-4,6-7,10-11,18,21H,5,8-9,12-17,19H2,1H3. The van der Waals surface area contributed by atoms with E-state index < -0.39 is 0 Å². The number of anilines is 1. The van der Waals surface area contributed by atoms with Crippen LogP contribution in [0.5, 0.6) is 0 Å². The first kappa shape index (κ1) is 20.8. The summed E-state index contributed by atoms with van der Waals surface area (Å²) in [4.78, 5) is 29.0. The minimum Gasteiger partial charge on any atom is -0.312 e. The SMILES string of the molecule is CC(=O)N1CCCc2cc(C(=O)CCC3CCN(Cc4ccccc4)CC3)ccc21. The van der Waals surface area contributed by atoms with Crippen LogP contribution in [-0.2, 0) is 17.8 Å². The molecule has 0 saturated carbocycles. The summed E-state index contributed by atoms with van der Waals surface area (Å²) in [6.45, 7) is 5.65. The Bertz CT molecular complexity index is 885. The molecule has 4 nitrogen and oxygen atoms in total. The van der Waals surface area contributed by atoms with Gasteiger partial charge in [0.25, 0.3) is 0 Å². The number of piperidine rings is 1. The van der Waals surface area contributed by atoms with Gasteiger partial charge in [-0.1, -0.05) is 30.3 Å². The molecule has 1 fully saturated rings. The van der Waals surface area contributed by atoms with E-state index in [0.29, 0.717) is 12.3 Å². The molecule has 2 aliphatic rings. The second-order valence-electron chi connectivity index (χ2n) is 8.78. The predicted molar refractivity (Wildman–Crippen MR) is 121 cm³/mol. The number of carbonyl (C=O) groups excluding carboxylic acids is 2. The Labute approximate surface area is 179 Å². The number of nitrogens with zero attached hydrogens (tertiary/aromatic N) is 2. The third-order valence-corrected chi connectivity index (χ3v) is 6.64. The Kier molecular flexibility index (Phi) is 6.63. The zero-order valence-electron chi connectivity index (χ0n) is 18.0. The molecule has 0 N–H and O–H groups in total. The molecule has 158 valence electrons. The lowest BCUT2D eigenvalue weighted by Crippen LogP contribution is -2.33. The van der Waals surface area contributed by atoms with E-state index in [1.807, 2.05) is 23.1 Å². The Balaban J connectivity index is 1.27. The number of likely N-dealkylation sites (tertiary alicyclic amines) is 1. The summed E-state index contributed by atoms with van der Waals surface area (Å²) in [6, 6.07) is 16.6. The van der Waals surface area contributed by atoms with Crippen LogP contribution in [0.4, 0.5) is 5.69 Å². The van der Waals surface area contributed by atoms with Crippen LogP contribution in [0, 0.1) is 5.92 Å². The van der Waals surface area contributed by atoms with Crippen molar-refractivity contribution in [2.75, 3.05) is 24.5 Å². The first-order chi connectivity index (χ1) is 14.6. The second kappa shape index (κ2) is 9.57. The number of ketones is 1. The average molecular weight is 405 g/mol. The largest absolute Gasteiger partial charge is 0.312 e. The number of hydrogen-bond donors (Lipinski definition) is 0. The van der Waals surface area contributed by atoms with Gasteiger partial charge < -0.3 is 4.90 Å². The summed E-state index contributed by atoms with van der Waals surface area (Å²) in [5.74, 6) is 0.963. The first-order valence-corrected chi connectivity index (χ1v) is 11.3. The van der Waals surface area contributed by atoms with Gasteiger partial charge in [0.15, 0.2) is 5.78 Å². The van der Waals surface area contributed by atoms with E-state index in [-0.39, 0.29) is 11.7 Å². The van der Waals surface area contributed by atoms with Gasteiger partial charge in [0, 0.05) is 37.7 Å². The van der Waals surface area contributed by atoms with Crippen molar-refractivity contribution in [3.8, 4) is 0 Å². The van der Waals surface area contributed by atoms with Gasteiger partial charge >= 0.3 is 0 Å². The van der Waals surface area contributed by atoms with Crippen LogP contribution < -0.4 is 4.90 Å². The lowest BCUT2D eigenvalue weighted by atomic mass is 9.89. The molecule has 2 aromatic carbocycles. The van der Waals surface area contributed by atoms with E-state index in [9.17, 15) is 9.59 Å². The highest BCUT2D eigenvalue weighted by molar-refractivity contribution is 5.98. The molecule has 30 heavy (non-hydrogen) atoms. The van der Waals surface area contributed by atoms with E-state index in [1.54, 1.807) is 6.92 Å². The number of aryl methyl sites for hydroxylation is 1. The zero-order valence-corrected chi connectivity index (χ0v) is 18.0. The van der Waals surface area contributed by atoms with Crippen molar-refractivity contribution in [3.63, 3.8) is 0 Å². The van der Waals surface area contributed by atoms with E-state index in [0.717, 1.165) is 62.3 Å². The molecular formula is C26H32N2O2. The molecular weight excluding hydrogens is 372 g/mol. The van der Waals surface area contributed by atoms with Crippen molar-refractivity contribution >= 4 is 17.4 Å². The Morgan fingerprint density at radius 3 is 2.50 bits per heavy atom. The monoisotopic (exact) mass is 404 g/mol. The average Bonchev–Trinajstić information content (AvgIpc) is 2.78. The summed E-state index contributed by atoms with van der Waals surface area (Å²) in [5.41, 5.74) is 4.30. The van der Waals surface area contributed by atoms with Crippen LogP contribution in [0.1, 0.15) is 60.5 Å². The Morgan fingerprint density at radius 2 is 1.77 bits per heavy atom. The lowest BCUT2D eigenvalue weighted by molar-refractivity contribution is -0.116. The quantitative estimate of drug-likeness (QED) is 0.646. The van der Waals surface area contributed by atoms with Gasteiger partial charge in [0.1, 0.15) is 0 Å². The minimum atomic E-state index is 0.0774. The molecule has 1 saturated heterocycles. The van der Waals surface area contributed by atoms with Gasteiger partial charge in [-0.3, -0.25) is 14.5 Å². The van der Waals surface area contributed by atoms with Crippen molar-refractivity contribution in [3.05, 3.63) is 65.2 Å². The molecule has 2 aromatic rings. The highest BCUT2D eigenvalue weighted by Gasteiger charge is 2.23. The van der Waals surface area contributed by atoms with Crippen molar-refractivity contribution in [2.45, 2.75) is 52.0 Å². The third kappa shape index (κ3) is 4.99. The smallest absolute Gasteiger partial charge is 0.223 e. The first-order valence-electron chi connectivity index (χ1n) is 11.3. The van der Waals surface area contributed by atoms with Crippen LogP contribution in [0.25, 0.3) is 0 Å². The Morgan fingerprint density at radius 1 is 1.00 bits per heavy atom. The molecule has 1 amide bonds. The molecule has 0 unspecified atom stereocenters. The van der Waals surface area contributed by atoms with Crippen LogP contribution >= 0.6 is 0 Å². The summed E-state index contributed by atoms with van der Waals surface area (Å²) >= 11 is 0. The Hall–Kier alpha value is -2.46. The van der Waals surface area contributed by atoms with Gasteiger partial charge in [0.2, 0.25) is 5.91 Å². The predicted octanol–water partition coefficient (Wildman–Crippen LogP) is 4.86. The number of carbonyl (C=O) groups is 2. The molecule has 0 aliphatic carbocycles. The van der Waals surface area contributed by atoms with Crippen LogP contribution in [0.2, 0.25) is 0 Å². The topological polar surface area (TPSA) is 40.6 Å². The van der Waals surface area contributed by atoms with Gasteiger partial charge in [0.05, 0.1) is 0 Å². The number of amides is 1. The van der Waals surface area contributed by atoms with Crippen LogP contribution in [0.3, 0.4) is 0 Å². The molecule has 0 radical (unpaired) electrons. The lowest BCUT2D eigenvalue weighted by Gasteiger charge is -2.32. The van der Waals surface area contributed by atoms with E-state index in [4.69, 9.17) is 0 Å². The normalized spacial score (nSPS) is 17.6. The summed E-state index contributed by atoms with van der Waals surface area (Å²) in [7, 11) is 0. The highest BCUT2D eigenvalue weighted by atomic mass is 16.2. The molecule has 2 heterocycles. The van der Waals surface area contributed by atoms with E-state index >= 15 is 0 Å². The maximum Gasteiger partial charge on any atom is 0.223 e. The van der Waals surface area contributed by atoms with Gasteiger partial charge in [-0.25, -0.2) is 0 Å². The maximum atomic E-state index is 12.8. The van der Waals surface area contributed by atoms with E-state index in [2.05, 4.69) is 35.2 Å². The molecule has 0 spiro atoms. The molecule has 4 rings (SSSR count). The summed E-state index contributed by atoms with van der Waals surface area (Å²) in [6.07, 6.45) is 5.87. The van der Waals surface area contributed by atoms with Gasteiger partial charge in [-0.15, -0.1) is 0 Å². The van der Waals surface area contributed by atoms with Crippen molar-refractivity contribution in [1.82, 2.24) is 4.90 Å². The zero-order chi connectivity index (χ0) is 20.9. The molecule has 0 bridgehead atoms. The van der Waals surface area contributed by atoms with Crippen molar-refractivity contribution in [1.29, 1.82) is 0 Å². The molecule has 2 aliphatic heterocycles. The second-order valence-corrected chi connectivity index (χ2v) is 8.78. The number of Topliss-reactive ketones (excluding diaryl/α,β-unsaturated/α-hetero) is 1. The molecule has 0 aromatic heterocycles. The number of hydrogen-bond acceptors (Lipinski definition) is 3. The van der Waals surface area contributed by atoms with Crippen LogP contribution in [0.15, 0.2) is 48.5 Å². The maximum absolute atomic E-state index is 12.8. The highest BCUT2D eigenvalue weighted by Crippen LogP contribution is 2.29. The fourth-order valence-electron chi connectivity index (χ4n) is 4.85. The number of fused-ring (bicyclic) bond motifs is 1. The van der Waals surface area contributed by atoms with Gasteiger partial charge in [-0.05, 0) is 80.4 Å². The fraction of sp³-hybridized carbons (Fsp3) is 0.462. The minimum absolute atomic E-state index is 0.0774. The molecule has 0 atom stereocenters. The van der Waals surface area contributed by atoms with Crippen molar-refractivity contribution < 1.29 is 9.59 Å². The van der Waals surface area contributed by atoms with Crippen LogP contribution in [-0.4, -0.2) is 36.2 Å². The number of benzene rings is 2. The van der Waals surface area contributed by atoms with E-state index in [1.165, 1.54) is 18.4 Å².